The molecule has 0 bridgehead atoms. The molecule has 42 heavy (non-hydrogen) atoms. The molecule has 1 fully saturated rings. The van der Waals surface area contributed by atoms with Crippen LogP contribution >= 0.6 is 11.8 Å². The summed E-state index contributed by atoms with van der Waals surface area (Å²) < 4.78 is 33.3. The SMILES string of the molecule is NC(=O)OCC1=C(C(=O)O)N2C(=O)[C@@H](NC(=O)Cc3ccc(N(C(=O)OC[C@@H](N)C(=O)O)S(N)(=O)=O)cc3)[C@H]2SC1.[H-].[Na+]. The second-order valence-electron chi connectivity index (χ2n) is 8.49. The van der Waals surface area contributed by atoms with Gasteiger partial charge in [-0.2, -0.15) is 12.7 Å². The number of hydrogen-bond donors (Lipinski definition) is 6. The molecule has 2 heterocycles. The molecular weight excluding hydrogens is 615 g/mol. The molecular formula is C21H25N6NaO12S2. The van der Waals surface area contributed by atoms with Crippen molar-refractivity contribution in [2.24, 2.45) is 16.6 Å². The average molecular weight is 641 g/mol. The summed E-state index contributed by atoms with van der Waals surface area (Å²) in [6.45, 7) is -1.24. The van der Waals surface area contributed by atoms with E-state index < -0.39 is 76.8 Å². The van der Waals surface area contributed by atoms with E-state index in [-0.39, 0.29) is 64.4 Å². The number of carboxylic acid groups (broad SMARTS) is 2. The van der Waals surface area contributed by atoms with Crippen LogP contribution in [0.3, 0.4) is 0 Å². The number of β-lactam (4-membered cyclic amide) rings is 1. The van der Waals surface area contributed by atoms with Crippen molar-refractivity contribution in [2.45, 2.75) is 23.9 Å². The Morgan fingerprint density at radius 2 is 1.79 bits per heavy atom. The van der Waals surface area contributed by atoms with Crippen molar-refractivity contribution < 1.29 is 87.9 Å². The van der Waals surface area contributed by atoms with Gasteiger partial charge in [-0.1, -0.05) is 12.1 Å². The van der Waals surface area contributed by atoms with Gasteiger partial charge in [0.15, 0.2) is 0 Å². The number of rotatable bonds is 11. The molecule has 0 saturated carbocycles. The zero-order chi connectivity index (χ0) is 30.6. The summed E-state index contributed by atoms with van der Waals surface area (Å²) in [5.74, 6) is -4.11. The second kappa shape index (κ2) is 14.2. The van der Waals surface area contributed by atoms with Gasteiger partial charge in [0, 0.05) is 11.3 Å². The van der Waals surface area contributed by atoms with Crippen molar-refractivity contribution in [3.63, 3.8) is 0 Å². The van der Waals surface area contributed by atoms with Gasteiger partial charge < -0.3 is 37.9 Å². The number of nitrogens with zero attached hydrogens (tertiary/aromatic N) is 2. The number of carbonyl (C=O) groups excluding carboxylic acids is 4. The van der Waals surface area contributed by atoms with E-state index >= 15 is 0 Å². The van der Waals surface area contributed by atoms with E-state index in [1.54, 1.807) is 0 Å². The molecule has 0 spiro atoms. The molecule has 0 aromatic heterocycles. The summed E-state index contributed by atoms with van der Waals surface area (Å²) >= 11 is 1.15. The first-order chi connectivity index (χ1) is 19.1. The molecule has 3 atom stereocenters. The van der Waals surface area contributed by atoms with E-state index in [0.717, 1.165) is 28.8 Å². The van der Waals surface area contributed by atoms with Crippen LogP contribution in [-0.4, -0.2) is 95.9 Å². The number of fused-ring (bicyclic) bond motifs is 1. The number of nitrogens with one attached hydrogen (secondary N) is 1. The number of benzene rings is 1. The maximum absolute atomic E-state index is 12.7. The summed E-state index contributed by atoms with van der Waals surface area (Å²) in [6.07, 6.45) is -2.90. The van der Waals surface area contributed by atoms with E-state index in [2.05, 4.69) is 14.8 Å². The van der Waals surface area contributed by atoms with Crippen LogP contribution in [0.5, 0.6) is 0 Å². The summed E-state index contributed by atoms with van der Waals surface area (Å²) in [5.41, 5.74) is 10.0. The van der Waals surface area contributed by atoms with E-state index in [0.29, 0.717) is 5.56 Å². The summed E-state index contributed by atoms with van der Waals surface area (Å²) in [7, 11) is -4.70. The van der Waals surface area contributed by atoms with E-state index in [1.807, 2.05) is 0 Å². The Labute approximate surface area is 265 Å². The second-order valence-corrected chi connectivity index (χ2v) is 11.0. The summed E-state index contributed by atoms with van der Waals surface area (Å²) in [6, 6.07) is 2.22. The quantitative estimate of drug-likeness (QED) is 0.0973. The van der Waals surface area contributed by atoms with Gasteiger partial charge in [0.1, 0.15) is 36.4 Å². The number of primary amides is 1. The molecule has 21 heteroatoms. The minimum atomic E-state index is -4.70. The number of amides is 4. The minimum Gasteiger partial charge on any atom is -1.00 e. The summed E-state index contributed by atoms with van der Waals surface area (Å²) in [4.78, 5) is 72.0. The Hall–Kier alpha value is -3.40. The minimum absolute atomic E-state index is 0. The Kier molecular flexibility index (Phi) is 11.7. The standard InChI is InChI=1S/C21H24N6O12S2.Na.H/c22-12(18(30)31)7-39-21(35)27(41(24,36)37)11-3-1-9(2-4-11)5-13(28)25-14-16(29)26-15(19(32)33)10(6-38-20(23)34)8-40-17(14)26;;/h1-4,12,14,17H,5-8,22H2,(H2,23,34)(H,25,28)(H,30,31)(H,32,33)(H2,24,36,37);;/q;+1;-1/t12-,14-,17-;;/m1../s1. The molecule has 0 unspecified atom stereocenters. The molecule has 0 aliphatic carbocycles. The largest absolute Gasteiger partial charge is 1.00 e. The van der Waals surface area contributed by atoms with Gasteiger partial charge >= 0.3 is 63.9 Å². The fourth-order valence-corrected chi connectivity index (χ4v) is 5.76. The van der Waals surface area contributed by atoms with Gasteiger partial charge in [-0.05, 0) is 17.7 Å². The van der Waals surface area contributed by atoms with Crippen LogP contribution in [0, 0.1) is 0 Å². The number of hydrogen-bond acceptors (Lipinski definition) is 12. The van der Waals surface area contributed by atoms with Crippen molar-refractivity contribution in [2.75, 3.05) is 23.3 Å². The normalized spacial score (nSPS) is 18.4. The van der Waals surface area contributed by atoms with Crippen LogP contribution in [0.2, 0.25) is 0 Å². The third-order valence-corrected chi connectivity index (χ3v) is 7.82. The predicted molar refractivity (Wildman–Crippen MR) is 139 cm³/mol. The molecule has 9 N–H and O–H groups in total. The molecule has 1 aromatic carbocycles. The Bertz CT molecular complexity index is 1430. The third kappa shape index (κ3) is 8.12. The zero-order valence-corrected chi connectivity index (χ0v) is 25.4. The zero-order valence-electron chi connectivity index (χ0n) is 22.8. The van der Waals surface area contributed by atoms with E-state index in [9.17, 15) is 42.3 Å². The van der Waals surface area contributed by atoms with Crippen LogP contribution < -0.4 is 55.8 Å². The van der Waals surface area contributed by atoms with Crippen LogP contribution in [0.15, 0.2) is 35.5 Å². The molecule has 2 aliphatic rings. The molecule has 1 aromatic rings. The van der Waals surface area contributed by atoms with Gasteiger partial charge in [-0.15, -0.1) is 11.8 Å². The Balaban J connectivity index is 0.00000462. The number of anilines is 1. The van der Waals surface area contributed by atoms with E-state index in [4.69, 9.17) is 21.7 Å². The first kappa shape index (κ1) is 34.8. The van der Waals surface area contributed by atoms with Crippen molar-refractivity contribution in [3.8, 4) is 0 Å². The van der Waals surface area contributed by atoms with Crippen LogP contribution in [-0.2, 0) is 45.3 Å². The number of aliphatic carboxylic acids is 2. The first-order valence-corrected chi connectivity index (χ1v) is 13.9. The Morgan fingerprint density at radius 1 is 1.17 bits per heavy atom. The van der Waals surface area contributed by atoms with Crippen LogP contribution in [0.4, 0.5) is 15.3 Å². The predicted octanol–water partition coefficient (Wildman–Crippen LogP) is -5.26. The fourth-order valence-electron chi connectivity index (χ4n) is 3.76. The fraction of sp³-hybridized carbons (Fsp3) is 0.333. The van der Waals surface area contributed by atoms with Crippen molar-refractivity contribution in [3.05, 3.63) is 41.1 Å². The van der Waals surface area contributed by atoms with Gasteiger partial charge in [0.25, 0.3) is 5.91 Å². The van der Waals surface area contributed by atoms with Crippen molar-refractivity contribution in [1.82, 2.24) is 10.2 Å². The molecule has 0 radical (unpaired) electrons. The molecule has 3 rings (SSSR count). The topological polar surface area (TPSA) is 292 Å². The molecule has 2 aliphatic heterocycles. The molecule has 18 nitrogen and oxygen atoms in total. The maximum Gasteiger partial charge on any atom is 1.00 e. The monoisotopic (exact) mass is 640 g/mol. The van der Waals surface area contributed by atoms with Crippen molar-refractivity contribution in [1.29, 1.82) is 0 Å². The van der Waals surface area contributed by atoms with Crippen molar-refractivity contribution >= 4 is 63.6 Å². The van der Waals surface area contributed by atoms with Gasteiger partial charge in [-0.3, -0.25) is 19.3 Å². The molecule has 1 saturated heterocycles. The number of carbonyl (C=O) groups is 6. The van der Waals surface area contributed by atoms with Crippen LogP contribution in [0.25, 0.3) is 0 Å². The number of thioether (sulfide) groups is 1. The smallest absolute Gasteiger partial charge is 1.00 e. The molecule has 4 amide bonds. The van der Waals surface area contributed by atoms with Gasteiger partial charge in [-0.25, -0.2) is 19.5 Å². The van der Waals surface area contributed by atoms with Gasteiger partial charge in [0.2, 0.25) is 5.91 Å². The number of carboxylic acids is 2. The van der Waals surface area contributed by atoms with Crippen LogP contribution in [0.1, 0.15) is 6.99 Å². The number of nitrogens with two attached hydrogens (primary N) is 3. The molecule has 224 valence electrons. The van der Waals surface area contributed by atoms with Gasteiger partial charge in [0.05, 0.1) is 12.1 Å². The maximum atomic E-state index is 12.7. The summed E-state index contributed by atoms with van der Waals surface area (Å²) in [5, 5.41) is 25.2. The first-order valence-electron chi connectivity index (χ1n) is 11.3. The number of ether oxygens (including phenoxy) is 2. The third-order valence-electron chi connectivity index (χ3n) is 5.61. The Morgan fingerprint density at radius 3 is 2.31 bits per heavy atom. The van der Waals surface area contributed by atoms with E-state index in [1.165, 1.54) is 12.1 Å². The average Bonchev–Trinajstić information content (AvgIpc) is 2.88.